The van der Waals surface area contributed by atoms with E-state index in [-0.39, 0.29) is 0 Å². The minimum atomic E-state index is 0.811. The Balaban J connectivity index is 1.57. The summed E-state index contributed by atoms with van der Waals surface area (Å²) in [6.45, 7) is 6.45. The quantitative estimate of drug-likeness (QED) is 0.857. The van der Waals surface area contributed by atoms with E-state index in [1.54, 1.807) is 11.3 Å². The van der Waals surface area contributed by atoms with Crippen molar-refractivity contribution in [3.63, 3.8) is 0 Å². The molecule has 0 saturated carbocycles. The molecule has 2 heterocycles. The molecule has 3 rings (SSSR count). The van der Waals surface area contributed by atoms with E-state index in [9.17, 15) is 0 Å². The van der Waals surface area contributed by atoms with Gasteiger partial charge in [0.05, 0.1) is 10.2 Å². The molecule has 1 fully saturated rings. The maximum atomic E-state index is 5.55. The topological polar surface area (TPSA) is 45.4 Å². The van der Waals surface area contributed by atoms with Crippen LogP contribution in [0.1, 0.15) is 12.8 Å². The van der Waals surface area contributed by atoms with Gasteiger partial charge in [-0.1, -0.05) is 23.5 Å². The van der Waals surface area contributed by atoms with Crippen molar-refractivity contribution in [1.82, 2.24) is 9.88 Å². The van der Waals surface area contributed by atoms with Crippen molar-refractivity contribution in [1.29, 1.82) is 0 Å². The molecule has 2 N–H and O–H groups in total. The number of nitrogens with two attached hydrogens (primary N) is 1. The molecule has 2 aromatic rings. The molecule has 0 radical (unpaired) electrons. The molecule has 0 atom stereocenters. The van der Waals surface area contributed by atoms with E-state index in [1.807, 2.05) is 0 Å². The van der Waals surface area contributed by atoms with Crippen LogP contribution in [0.3, 0.4) is 0 Å². The van der Waals surface area contributed by atoms with Gasteiger partial charge in [0.2, 0.25) is 0 Å². The summed E-state index contributed by atoms with van der Waals surface area (Å²) in [5.74, 6) is 0. The van der Waals surface area contributed by atoms with Crippen LogP contribution in [0.2, 0.25) is 0 Å². The minimum absolute atomic E-state index is 0.811. The van der Waals surface area contributed by atoms with Gasteiger partial charge in [-0.05, 0) is 38.1 Å². The van der Waals surface area contributed by atoms with Gasteiger partial charge < -0.3 is 10.6 Å². The first-order chi connectivity index (χ1) is 9.86. The number of hydrogen-bond acceptors (Lipinski definition) is 5. The Kier molecular flexibility index (Phi) is 4.50. The number of nitrogens with zero attached hydrogens (tertiary/aromatic N) is 3. The average Bonchev–Trinajstić information content (AvgIpc) is 2.92. The van der Waals surface area contributed by atoms with E-state index in [0.29, 0.717) is 0 Å². The van der Waals surface area contributed by atoms with Crippen molar-refractivity contribution in [3.8, 4) is 0 Å². The van der Waals surface area contributed by atoms with Crippen LogP contribution in [-0.2, 0) is 0 Å². The minimum Gasteiger partial charge on any atom is -0.345 e. The van der Waals surface area contributed by atoms with E-state index in [1.165, 1.54) is 22.8 Å². The highest BCUT2D eigenvalue weighted by Gasteiger charge is 2.19. The molecule has 0 unspecified atom stereocenters. The van der Waals surface area contributed by atoms with Crippen LogP contribution in [0.25, 0.3) is 10.2 Å². The van der Waals surface area contributed by atoms with E-state index >= 15 is 0 Å². The van der Waals surface area contributed by atoms with Crippen molar-refractivity contribution in [2.24, 2.45) is 5.73 Å². The van der Waals surface area contributed by atoms with Crippen LogP contribution >= 0.6 is 11.3 Å². The number of para-hydroxylation sites is 1. The van der Waals surface area contributed by atoms with Gasteiger partial charge in [0.1, 0.15) is 0 Å². The zero-order valence-electron chi connectivity index (χ0n) is 11.8. The number of hydrogen-bond donors (Lipinski definition) is 1. The van der Waals surface area contributed by atoms with Gasteiger partial charge >= 0.3 is 0 Å². The van der Waals surface area contributed by atoms with Crippen LogP contribution in [0, 0.1) is 0 Å². The molecule has 1 aliphatic rings. The van der Waals surface area contributed by atoms with Gasteiger partial charge in [-0.3, -0.25) is 4.90 Å². The number of fused-ring (bicyclic) bond motifs is 1. The highest BCUT2D eigenvalue weighted by atomic mass is 32.1. The van der Waals surface area contributed by atoms with E-state index < -0.39 is 0 Å². The number of rotatable bonds is 5. The molecule has 4 nitrogen and oxygen atoms in total. The van der Waals surface area contributed by atoms with Crippen LogP contribution < -0.4 is 10.6 Å². The summed E-state index contributed by atoms with van der Waals surface area (Å²) in [6, 6.07) is 8.39. The fourth-order valence-electron chi connectivity index (χ4n) is 2.64. The van der Waals surface area contributed by atoms with Crippen molar-refractivity contribution >= 4 is 26.7 Å². The first-order valence-electron chi connectivity index (χ1n) is 7.40. The molecular weight excluding hydrogens is 268 g/mol. The van der Waals surface area contributed by atoms with E-state index in [2.05, 4.69) is 34.1 Å². The molecule has 108 valence electrons. The van der Waals surface area contributed by atoms with Gasteiger partial charge in [0, 0.05) is 26.2 Å². The summed E-state index contributed by atoms with van der Waals surface area (Å²) in [4.78, 5) is 9.71. The van der Waals surface area contributed by atoms with E-state index in [0.717, 1.165) is 44.7 Å². The summed E-state index contributed by atoms with van der Waals surface area (Å²) < 4.78 is 1.29. The zero-order chi connectivity index (χ0) is 13.8. The monoisotopic (exact) mass is 290 g/mol. The van der Waals surface area contributed by atoms with Gasteiger partial charge in [-0.25, -0.2) is 4.98 Å². The lowest BCUT2D eigenvalue weighted by Crippen LogP contribution is -2.46. The fraction of sp³-hybridized carbons (Fsp3) is 0.533. The second-order valence-electron chi connectivity index (χ2n) is 5.29. The first-order valence-corrected chi connectivity index (χ1v) is 8.21. The summed E-state index contributed by atoms with van der Waals surface area (Å²) in [7, 11) is 0. The number of piperazine rings is 1. The number of benzene rings is 1. The van der Waals surface area contributed by atoms with E-state index in [4.69, 9.17) is 10.7 Å². The predicted molar refractivity (Wildman–Crippen MR) is 86.6 cm³/mol. The Morgan fingerprint density at radius 3 is 2.65 bits per heavy atom. The molecular formula is C15H22N4S. The third-order valence-electron chi connectivity index (χ3n) is 3.85. The van der Waals surface area contributed by atoms with Gasteiger partial charge in [0.15, 0.2) is 5.13 Å². The fourth-order valence-corrected chi connectivity index (χ4v) is 3.66. The largest absolute Gasteiger partial charge is 0.345 e. The lowest BCUT2D eigenvalue weighted by Gasteiger charge is -2.34. The number of thiazole rings is 1. The Labute approximate surface area is 124 Å². The molecule has 1 saturated heterocycles. The second kappa shape index (κ2) is 6.52. The Morgan fingerprint density at radius 2 is 1.90 bits per heavy atom. The van der Waals surface area contributed by atoms with Crippen molar-refractivity contribution in [3.05, 3.63) is 24.3 Å². The van der Waals surface area contributed by atoms with Crippen molar-refractivity contribution < 1.29 is 0 Å². The molecule has 0 bridgehead atoms. The number of aromatic nitrogens is 1. The molecule has 0 aliphatic carbocycles. The third kappa shape index (κ3) is 3.11. The van der Waals surface area contributed by atoms with Gasteiger partial charge in [0.25, 0.3) is 0 Å². The molecule has 1 aliphatic heterocycles. The maximum Gasteiger partial charge on any atom is 0.186 e. The van der Waals surface area contributed by atoms with Gasteiger partial charge in [-0.2, -0.15) is 0 Å². The van der Waals surface area contributed by atoms with Crippen LogP contribution in [0.4, 0.5) is 5.13 Å². The van der Waals surface area contributed by atoms with Crippen molar-refractivity contribution in [2.45, 2.75) is 12.8 Å². The molecule has 1 aromatic carbocycles. The highest BCUT2D eigenvalue weighted by molar-refractivity contribution is 7.22. The molecule has 0 spiro atoms. The summed E-state index contributed by atoms with van der Waals surface area (Å²) in [6.07, 6.45) is 2.36. The zero-order valence-corrected chi connectivity index (χ0v) is 12.6. The van der Waals surface area contributed by atoms with Crippen LogP contribution in [-0.4, -0.2) is 49.2 Å². The first kappa shape index (κ1) is 13.8. The normalized spacial score (nSPS) is 16.9. The smallest absolute Gasteiger partial charge is 0.186 e. The van der Waals surface area contributed by atoms with Crippen LogP contribution in [0.5, 0.6) is 0 Å². The predicted octanol–water partition coefficient (Wildman–Crippen LogP) is 2.16. The summed E-state index contributed by atoms with van der Waals surface area (Å²) in [5, 5.41) is 1.17. The number of anilines is 1. The summed E-state index contributed by atoms with van der Waals surface area (Å²) in [5.41, 5.74) is 6.67. The Morgan fingerprint density at radius 1 is 1.10 bits per heavy atom. The Bertz CT molecular complexity index is 513. The van der Waals surface area contributed by atoms with Gasteiger partial charge in [-0.15, -0.1) is 0 Å². The highest BCUT2D eigenvalue weighted by Crippen LogP contribution is 2.29. The molecule has 0 amide bonds. The lowest BCUT2D eigenvalue weighted by atomic mass is 10.2. The van der Waals surface area contributed by atoms with Crippen molar-refractivity contribution in [2.75, 3.05) is 44.2 Å². The lowest BCUT2D eigenvalue weighted by molar-refractivity contribution is 0.253. The number of unbranched alkanes of at least 4 members (excludes halogenated alkanes) is 1. The standard InChI is InChI=1S/C15H22N4S/c16-7-3-4-8-18-9-11-19(12-10-18)15-17-13-5-1-2-6-14(13)20-15/h1-2,5-6H,3-4,7-12,16H2. The molecule has 1 aromatic heterocycles. The molecule has 5 heteroatoms. The SMILES string of the molecule is NCCCCN1CCN(c2nc3ccccc3s2)CC1. The maximum absolute atomic E-state index is 5.55. The third-order valence-corrected chi connectivity index (χ3v) is 4.95. The molecule has 20 heavy (non-hydrogen) atoms. The van der Waals surface area contributed by atoms with Crippen LogP contribution in [0.15, 0.2) is 24.3 Å². The summed E-state index contributed by atoms with van der Waals surface area (Å²) >= 11 is 1.81. The average molecular weight is 290 g/mol. The second-order valence-corrected chi connectivity index (χ2v) is 6.30. The Hall–Kier alpha value is -1.17.